The van der Waals surface area contributed by atoms with Gasteiger partial charge in [0.25, 0.3) is 0 Å². The van der Waals surface area contributed by atoms with Gasteiger partial charge < -0.3 is 15.2 Å². The molecule has 0 bridgehead atoms. The molecule has 2 N–H and O–H groups in total. The zero-order valence-corrected chi connectivity index (χ0v) is 17.7. The normalized spacial score (nSPS) is 15.6. The second-order valence-corrected chi connectivity index (χ2v) is 8.82. The van der Waals surface area contributed by atoms with Crippen LogP contribution in [0.5, 0.6) is 0 Å². The SMILES string of the molecule is CC(C)Cn1c(CCC(N)=O)nnc1SCC(=O)N(CC(F)(F)F)C(C)C1CC1. The predicted molar refractivity (Wildman–Crippen MR) is 103 cm³/mol. The third kappa shape index (κ3) is 7.52. The molecule has 1 atom stereocenters. The summed E-state index contributed by atoms with van der Waals surface area (Å²) in [6.45, 7) is 5.00. The maximum atomic E-state index is 13.0. The summed E-state index contributed by atoms with van der Waals surface area (Å²) in [5, 5.41) is 8.61. The van der Waals surface area contributed by atoms with E-state index in [1.54, 1.807) is 6.92 Å². The largest absolute Gasteiger partial charge is 0.406 e. The second-order valence-electron chi connectivity index (χ2n) is 7.87. The molecule has 1 aliphatic rings. The number of halogens is 3. The fraction of sp³-hybridized carbons (Fsp3) is 0.778. The summed E-state index contributed by atoms with van der Waals surface area (Å²) >= 11 is 1.07. The molecule has 7 nitrogen and oxygen atoms in total. The van der Waals surface area contributed by atoms with E-state index in [0.717, 1.165) is 29.5 Å². The zero-order chi connectivity index (χ0) is 21.8. The number of nitrogens with two attached hydrogens (primary N) is 1. The first-order valence-corrected chi connectivity index (χ1v) is 10.7. The third-order valence-corrected chi connectivity index (χ3v) is 5.68. The number of alkyl halides is 3. The van der Waals surface area contributed by atoms with Crippen molar-refractivity contribution in [3.63, 3.8) is 0 Å². The summed E-state index contributed by atoms with van der Waals surface area (Å²) in [5.74, 6) is -0.207. The van der Waals surface area contributed by atoms with E-state index < -0.39 is 30.6 Å². The lowest BCUT2D eigenvalue weighted by Crippen LogP contribution is -2.46. The van der Waals surface area contributed by atoms with Crippen molar-refractivity contribution in [3.05, 3.63) is 5.82 Å². The zero-order valence-electron chi connectivity index (χ0n) is 16.9. The van der Waals surface area contributed by atoms with Crippen LogP contribution in [0.2, 0.25) is 0 Å². The third-order valence-electron chi connectivity index (χ3n) is 4.73. The van der Waals surface area contributed by atoms with Crippen LogP contribution in [0.1, 0.15) is 45.9 Å². The second kappa shape index (κ2) is 9.82. The summed E-state index contributed by atoms with van der Waals surface area (Å²) < 4.78 is 40.7. The molecule has 11 heteroatoms. The van der Waals surface area contributed by atoms with Crippen LogP contribution in [0.4, 0.5) is 13.2 Å². The van der Waals surface area contributed by atoms with Crippen LogP contribution in [-0.2, 0) is 22.6 Å². The Kier molecular flexibility index (Phi) is 7.95. The van der Waals surface area contributed by atoms with Gasteiger partial charge in [0.2, 0.25) is 11.8 Å². The number of rotatable bonds is 11. The average Bonchev–Trinajstić information content (AvgIpc) is 3.38. The van der Waals surface area contributed by atoms with E-state index in [4.69, 9.17) is 5.73 Å². The quantitative estimate of drug-likeness (QED) is 0.539. The number of hydrogen-bond donors (Lipinski definition) is 1. The lowest BCUT2D eigenvalue weighted by atomic mass is 10.2. The van der Waals surface area contributed by atoms with Gasteiger partial charge in [-0.05, 0) is 31.6 Å². The Bertz CT molecular complexity index is 719. The van der Waals surface area contributed by atoms with Gasteiger partial charge in [-0.2, -0.15) is 13.2 Å². The Morgan fingerprint density at radius 2 is 1.93 bits per heavy atom. The Morgan fingerprint density at radius 1 is 1.28 bits per heavy atom. The van der Waals surface area contributed by atoms with E-state index in [9.17, 15) is 22.8 Å². The molecule has 1 fully saturated rings. The Hall–Kier alpha value is -1.78. The predicted octanol–water partition coefficient (Wildman–Crippen LogP) is 2.63. The molecule has 1 aromatic heterocycles. The lowest BCUT2D eigenvalue weighted by Gasteiger charge is -2.30. The van der Waals surface area contributed by atoms with E-state index >= 15 is 0 Å². The highest BCUT2D eigenvalue weighted by Crippen LogP contribution is 2.36. The van der Waals surface area contributed by atoms with Gasteiger partial charge in [0.1, 0.15) is 12.4 Å². The van der Waals surface area contributed by atoms with Gasteiger partial charge in [-0.3, -0.25) is 9.59 Å². The summed E-state index contributed by atoms with van der Waals surface area (Å²) in [7, 11) is 0. The van der Waals surface area contributed by atoms with Gasteiger partial charge in [-0.15, -0.1) is 10.2 Å². The minimum atomic E-state index is -4.44. The van der Waals surface area contributed by atoms with Crippen molar-refractivity contribution in [1.29, 1.82) is 0 Å². The topological polar surface area (TPSA) is 94.1 Å². The Balaban J connectivity index is 2.09. The highest BCUT2D eigenvalue weighted by Gasteiger charge is 2.40. The molecule has 0 aliphatic heterocycles. The molecule has 1 aliphatic carbocycles. The number of aromatic nitrogens is 3. The maximum absolute atomic E-state index is 13.0. The fourth-order valence-corrected chi connectivity index (χ4v) is 3.94. The lowest BCUT2D eigenvalue weighted by molar-refractivity contribution is -0.164. The van der Waals surface area contributed by atoms with Crippen molar-refractivity contribution in [3.8, 4) is 0 Å². The first kappa shape index (κ1) is 23.5. The molecule has 2 amide bonds. The molecular formula is C18H28F3N5O2S. The van der Waals surface area contributed by atoms with Gasteiger partial charge in [-0.1, -0.05) is 25.6 Å². The summed E-state index contributed by atoms with van der Waals surface area (Å²) in [5.41, 5.74) is 5.19. The minimum absolute atomic E-state index is 0.123. The van der Waals surface area contributed by atoms with Crippen LogP contribution < -0.4 is 5.73 Å². The number of carbonyl (C=O) groups is 2. The summed E-state index contributed by atoms with van der Waals surface area (Å²) in [6.07, 6.45) is -2.30. The standard InChI is InChI=1S/C18H28F3N5O2S/c1-11(2)8-25-15(7-6-14(22)27)23-24-17(25)29-9-16(28)26(10-18(19,20)21)12(3)13-4-5-13/h11-13H,4-10H2,1-3H3,(H2,22,27). The number of amides is 2. The Morgan fingerprint density at radius 3 is 2.45 bits per heavy atom. The average molecular weight is 436 g/mol. The molecule has 29 heavy (non-hydrogen) atoms. The first-order chi connectivity index (χ1) is 13.5. The fourth-order valence-electron chi connectivity index (χ4n) is 3.09. The molecule has 0 saturated heterocycles. The van der Waals surface area contributed by atoms with E-state index in [2.05, 4.69) is 10.2 Å². The van der Waals surface area contributed by atoms with Gasteiger partial charge in [0.15, 0.2) is 5.16 Å². The van der Waals surface area contributed by atoms with Crippen molar-refractivity contribution in [2.45, 2.75) is 70.4 Å². The number of carbonyl (C=O) groups excluding carboxylic acids is 2. The van der Waals surface area contributed by atoms with Crippen LogP contribution >= 0.6 is 11.8 Å². The van der Waals surface area contributed by atoms with Gasteiger partial charge >= 0.3 is 6.18 Å². The van der Waals surface area contributed by atoms with Crippen LogP contribution in [0.25, 0.3) is 0 Å². The van der Waals surface area contributed by atoms with Crippen LogP contribution in [0, 0.1) is 11.8 Å². The first-order valence-electron chi connectivity index (χ1n) is 9.67. The van der Waals surface area contributed by atoms with Gasteiger partial charge in [0, 0.05) is 25.4 Å². The molecule has 1 unspecified atom stereocenters. The molecule has 0 aromatic carbocycles. The highest BCUT2D eigenvalue weighted by atomic mass is 32.2. The van der Waals surface area contributed by atoms with Crippen LogP contribution in [-0.4, -0.2) is 56.0 Å². The van der Waals surface area contributed by atoms with Gasteiger partial charge in [0.05, 0.1) is 5.75 Å². The number of primary amides is 1. The van der Waals surface area contributed by atoms with E-state index in [0.29, 0.717) is 23.9 Å². The van der Waals surface area contributed by atoms with Crippen LogP contribution in [0.3, 0.4) is 0 Å². The van der Waals surface area contributed by atoms with Crippen LogP contribution in [0.15, 0.2) is 5.16 Å². The molecular weight excluding hydrogens is 407 g/mol. The minimum Gasteiger partial charge on any atom is -0.370 e. The van der Waals surface area contributed by atoms with Crippen molar-refractivity contribution < 1.29 is 22.8 Å². The smallest absolute Gasteiger partial charge is 0.370 e. The maximum Gasteiger partial charge on any atom is 0.406 e. The molecule has 1 heterocycles. The van der Waals surface area contributed by atoms with Crippen molar-refractivity contribution in [2.24, 2.45) is 17.6 Å². The van der Waals surface area contributed by atoms with Crippen molar-refractivity contribution in [2.75, 3.05) is 12.3 Å². The summed E-state index contributed by atoms with van der Waals surface area (Å²) in [6, 6.07) is -0.440. The molecule has 0 spiro atoms. The number of aryl methyl sites for hydroxylation is 1. The highest BCUT2D eigenvalue weighted by molar-refractivity contribution is 7.99. The monoisotopic (exact) mass is 435 g/mol. The summed E-state index contributed by atoms with van der Waals surface area (Å²) in [4.78, 5) is 24.6. The molecule has 2 rings (SSSR count). The van der Waals surface area contributed by atoms with Gasteiger partial charge in [-0.25, -0.2) is 0 Å². The number of nitrogens with zero attached hydrogens (tertiary/aromatic N) is 4. The molecule has 1 saturated carbocycles. The molecule has 0 radical (unpaired) electrons. The molecule has 1 aromatic rings. The number of hydrogen-bond acceptors (Lipinski definition) is 5. The van der Waals surface area contributed by atoms with E-state index in [1.807, 2.05) is 18.4 Å². The molecule has 164 valence electrons. The van der Waals surface area contributed by atoms with E-state index in [-0.39, 0.29) is 24.0 Å². The Labute approximate surface area is 172 Å². The van der Waals surface area contributed by atoms with Crippen molar-refractivity contribution in [1.82, 2.24) is 19.7 Å². The van der Waals surface area contributed by atoms with Crippen molar-refractivity contribution >= 4 is 23.6 Å². The number of thioether (sulfide) groups is 1. The van der Waals surface area contributed by atoms with E-state index in [1.165, 1.54) is 0 Å².